The molecule has 1 N–H and O–H groups in total. The molecule has 0 fully saturated rings. The van der Waals surface area contributed by atoms with E-state index in [0.29, 0.717) is 0 Å². The van der Waals surface area contributed by atoms with Crippen molar-refractivity contribution in [2.24, 2.45) is 0 Å². The molecule has 0 spiro atoms. The highest BCUT2D eigenvalue weighted by Crippen LogP contribution is 2.40. The summed E-state index contributed by atoms with van der Waals surface area (Å²) >= 11 is 1.52. The second-order valence-corrected chi connectivity index (χ2v) is 7.82. The molecule has 1 aromatic carbocycles. The monoisotopic (exact) mass is 325 g/mol. The highest BCUT2D eigenvalue weighted by molar-refractivity contribution is 7.12. The Kier molecular flexibility index (Phi) is 3.10. The number of hydrogen-bond acceptors (Lipinski definition) is 4. The molecule has 0 unspecified atom stereocenters. The van der Waals surface area contributed by atoms with Crippen molar-refractivity contribution in [3.63, 3.8) is 0 Å². The first kappa shape index (κ1) is 14.5. The number of aromatic nitrogens is 3. The van der Waals surface area contributed by atoms with Crippen LogP contribution < -0.4 is 0 Å². The van der Waals surface area contributed by atoms with Gasteiger partial charge in [0, 0.05) is 10.8 Å². The molecule has 4 nitrogen and oxygen atoms in total. The number of thiazole rings is 1. The van der Waals surface area contributed by atoms with Crippen LogP contribution >= 0.6 is 11.3 Å². The quantitative estimate of drug-likeness (QED) is 0.733. The summed E-state index contributed by atoms with van der Waals surface area (Å²) in [7, 11) is 0. The molecule has 0 atom stereocenters. The van der Waals surface area contributed by atoms with Crippen LogP contribution in [0.1, 0.15) is 37.7 Å². The maximum absolute atomic E-state index is 10.8. The van der Waals surface area contributed by atoms with Crippen LogP contribution in [-0.2, 0) is 18.3 Å². The summed E-state index contributed by atoms with van der Waals surface area (Å²) in [6, 6.07) is 8.23. The minimum Gasteiger partial charge on any atom is -0.493 e. The van der Waals surface area contributed by atoms with Crippen LogP contribution in [0.4, 0.5) is 0 Å². The molecule has 4 rings (SSSR count). The minimum atomic E-state index is -0.0102. The predicted molar refractivity (Wildman–Crippen MR) is 92.4 cm³/mol. The van der Waals surface area contributed by atoms with Crippen molar-refractivity contribution in [2.75, 3.05) is 0 Å². The zero-order chi connectivity index (χ0) is 16.2. The third-order valence-electron chi connectivity index (χ3n) is 4.29. The van der Waals surface area contributed by atoms with E-state index in [2.05, 4.69) is 43.0 Å². The number of aryl methyl sites for hydroxylation is 2. The van der Waals surface area contributed by atoms with E-state index in [9.17, 15) is 5.11 Å². The lowest BCUT2D eigenvalue weighted by molar-refractivity contribution is 0.434. The standard InChI is InChI=1S/C18H19N3OS/c1-18(2,3)14-10-23-17(19-14)21-16(22)15-12-7-5-4-6-11(12)8-9-13(15)20-21/h4-7,10,22H,8-9H2,1-3H3. The second-order valence-electron chi connectivity index (χ2n) is 6.98. The summed E-state index contributed by atoms with van der Waals surface area (Å²) in [6.07, 6.45) is 1.81. The van der Waals surface area contributed by atoms with Gasteiger partial charge in [0.05, 0.1) is 17.0 Å². The van der Waals surface area contributed by atoms with Crippen molar-refractivity contribution in [1.82, 2.24) is 14.8 Å². The molecule has 0 radical (unpaired) electrons. The molecule has 0 bridgehead atoms. The van der Waals surface area contributed by atoms with Crippen molar-refractivity contribution in [3.8, 4) is 22.1 Å². The Morgan fingerprint density at radius 2 is 1.96 bits per heavy atom. The lowest BCUT2D eigenvalue weighted by atomic mass is 9.90. The average Bonchev–Trinajstić information content (AvgIpc) is 3.12. The molecule has 2 heterocycles. The highest BCUT2D eigenvalue weighted by Gasteiger charge is 2.27. The van der Waals surface area contributed by atoms with E-state index in [0.717, 1.165) is 40.5 Å². The third kappa shape index (κ3) is 2.27. The molecule has 2 aromatic heterocycles. The SMILES string of the molecule is CC(C)(C)c1csc(-n2nc3c(c2O)-c2ccccc2CC3)n1. The first-order valence-corrected chi connectivity index (χ1v) is 8.68. The van der Waals surface area contributed by atoms with E-state index in [1.807, 2.05) is 17.5 Å². The van der Waals surface area contributed by atoms with Crippen LogP contribution in [0.15, 0.2) is 29.6 Å². The molecular weight excluding hydrogens is 306 g/mol. The average molecular weight is 325 g/mol. The van der Waals surface area contributed by atoms with Gasteiger partial charge in [0.25, 0.3) is 0 Å². The molecule has 5 heteroatoms. The number of hydrogen-bond donors (Lipinski definition) is 1. The zero-order valence-corrected chi connectivity index (χ0v) is 14.3. The van der Waals surface area contributed by atoms with E-state index in [1.165, 1.54) is 16.9 Å². The fourth-order valence-electron chi connectivity index (χ4n) is 2.98. The van der Waals surface area contributed by atoms with Gasteiger partial charge in [-0.2, -0.15) is 9.78 Å². The topological polar surface area (TPSA) is 50.9 Å². The second kappa shape index (κ2) is 4.93. The fourth-order valence-corrected chi connectivity index (χ4v) is 3.98. The van der Waals surface area contributed by atoms with Crippen LogP contribution in [-0.4, -0.2) is 19.9 Å². The number of aromatic hydroxyl groups is 1. The maximum atomic E-state index is 10.8. The Hall–Kier alpha value is -2.14. The van der Waals surface area contributed by atoms with Gasteiger partial charge in [-0.15, -0.1) is 11.3 Å². The molecule has 23 heavy (non-hydrogen) atoms. The summed E-state index contributed by atoms with van der Waals surface area (Å²) in [5.41, 5.74) is 5.18. The van der Waals surface area contributed by atoms with Crippen LogP contribution in [0.25, 0.3) is 16.3 Å². The van der Waals surface area contributed by atoms with E-state index >= 15 is 0 Å². The van der Waals surface area contributed by atoms with Crippen molar-refractivity contribution in [2.45, 2.75) is 39.0 Å². The Morgan fingerprint density at radius 1 is 1.17 bits per heavy atom. The summed E-state index contributed by atoms with van der Waals surface area (Å²) in [4.78, 5) is 4.67. The number of benzene rings is 1. The van der Waals surface area contributed by atoms with E-state index < -0.39 is 0 Å². The van der Waals surface area contributed by atoms with Crippen LogP contribution in [0, 0.1) is 0 Å². The van der Waals surface area contributed by atoms with Crippen molar-refractivity contribution >= 4 is 11.3 Å². The first-order chi connectivity index (χ1) is 10.9. The van der Waals surface area contributed by atoms with E-state index in [-0.39, 0.29) is 11.3 Å². The summed E-state index contributed by atoms with van der Waals surface area (Å²) in [5.74, 6) is 0.196. The van der Waals surface area contributed by atoms with Gasteiger partial charge in [-0.25, -0.2) is 4.98 Å². The van der Waals surface area contributed by atoms with Crippen molar-refractivity contribution in [1.29, 1.82) is 0 Å². The molecular formula is C18H19N3OS. The van der Waals surface area contributed by atoms with E-state index in [1.54, 1.807) is 4.68 Å². The number of rotatable bonds is 1. The zero-order valence-electron chi connectivity index (χ0n) is 13.5. The van der Waals surface area contributed by atoms with Gasteiger partial charge in [0.15, 0.2) is 0 Å². The van der Waals surface area contributed by atoms with Gasteiger partial charge in [-0.3, -0.25) is 0 Å². The predicted octanol–water partition coefficient (Wildman–Crippen LogP) is 4.10. The van der Waals surface area contributed by atoms with Crippen LogP contribution in [0.3, 0.4) is 0 Å². The van der Waals surface area contributed by atoms with Gasteiger partial charge >= 0.3 is 0 Å². The summed E-state index contributed by atoms with van der Waals surface area (Å²) < 4.78 is 1.59. The van der Waals surface area contributed by atoms with Crippen molar-refractivity contribution < 1.29 is 5.11 Å². The van der Waals surface area contributed by atoms with Crippen LogP contribution in [0.2, 0.25) is 0 Å². The minimum absolute atomic E-state index is 0.0102. The molecule has 3 aromatic rings. The van der Waals surface area contributed by atoms with Crippen LogP contribution in [0.5, 0.6) is 5.88 Å². The lowest BCUT2D eigenvalue weighted by Crippen LogP contribution is -2.11. The smallest absolute Gasteiger partial charge is 0.224 e. The molecule has 0 amide bonds. The molecule has 0 saturated heterocycles. The maximum Gasteiger partial charge on any atom is 0.224 e. The Balaban J connectivity index is 1.85. The Morgan fingerprint density at radius 3 is 2.70 bits per heavy atom. The largest absolute Gasteiger partial charge is 0.493 e. The summed E-state index contributed by atoms with van der Waals surface area (Å²) in [5, 5.41) is 18.2. The molecule has 0 aliphatic heterocycles. The Bertz CT molecular complexity index is 886. The molecule has 118 valence electrons. The normalized spacial score (nSPS) is 13.7. The van der Waals surface area contributed by atoms with Crippen molar-refractivity contribution in [3.05, 3.63) is 46.6 Å². The molecule has 1 aliphatic rings. The summed E-state index contributed by atoms with van der Waals surface area (Å²) in [6.45, 7) is 6.40. The van der Waals surface area contributed by atoms with Gasteiger partial charge in [0.1, 0.15) is 0 Å². The van der Waals surface area contributed by atoms with Gasteiger partial charge in [-0.05, 0) is 24.0 Å². The highest BCUT2D eigenvalue weighted by atomic mass is 32.1. The Labute approximate surface area is 139 Å². The van der Waals surface area contributed by atoms with E-state index in [4.69, 9.17) is 0 Å². The number of fused-ring (bicyclic) bond motifs is 3. The van der Waals surface area contributed by atoms with Gasteiger partial charge < -0.3 is 5.11 Å². The van der Waals surface area contributed by atoms with Gasteiger partial charge in [-0.1, -0.05) is 45.0 Å². The molecule has 1 aliphatic carbocycles. The fraction of sp³-hybridized carbons (Fsp3) is 0.333. The third-order valence-corrected chi connectivity index (χ3v) is 5.11. The number of nitrogens with zero attached hydrogens (tertiary/aromatic N) is 3. The molecule has 0 saturated carbocycles. The lowest BCUT2D eigenvalue weighted by Gasteiger charge is -2.14. The first-order valence-electron chi connectivity index (χ1n) is 7.80. The van der Waals surface area contributed by atoms with Gasteiger partial charge in [0.2, 0.25) is 11.0 Å².